The summed E-state index contributed by atoms with van der Waals surface area (Å²) in [6.45, 7) is 6.05. The molecule has 224 valence electrons. The summed E-state index contributed by atoms with van der Waals surface area (Å²) < 4.78 is 31.9. The number of carbonyl (C=O) groups excluding carboxylic acids is 2. The van der Waals surface area contributed by atoms with Gasteiger partial charge in [0.2, 0.25) is 11.8 Å². The first-order valence-corrected chi connectivity index (χ1v) is 16.3. The molecule has 40 heavy (non-hydrogen) atoms. The van der Waals surface area contributed by atoms with E-state index in [1.807, 2.05) is 0 Å². The second-order valence-corrected chi connectivity index (χ2v) is 15.0. The molecule has 4 saturated carbocycles. The van der Waals surface area contributed by atoms with Gasteiger partial charge < -0.3 is 30.5 Å². The second-order valence-electron chi connectivity index (χ2n) is 13.4. The zero-order valence-electron chi connectivity index (χ0n) is 24.5. The molecule has 4 aliphatic carbocycles. The van der Waals surface area contributed by atoms with E-state index in [4.69, 9.17) is 0 Å². The maximum atomic E-state index is 12.4. The number of amides is 2. The fraction of sp³-hybridized carbons (Fsp3) is 0.929. The summed E-state index contributed by atoms with van der Waals surface area (Å²) in [5, 5.41) is 38.2. The van der Waals surface area contributed by atoms with Crippen LogP contribution in [0.5, 0.6) is 0 Å². The van der Waals surface area contributed by atoms with Gasteiger partial charge in [-0.3, -0.25) is 9.59 Å². The van der Waals surface area contributed by atoms with E-state index in [1.54, 1.807) is 0 Å². The van der Waals surface area contributed by atoms with Gasteiger partial charge in [0.25, 0.3) is 0 Å². The minimum atomic E-state index is -4.41. The first-order chi connectivity index (χ1) is 18.2. The molecule has 4 fully saturated rings. The molecule has 0 spiro atoms. The third kappa shape index (κ3) is 6.93. The van der Waals surface area contributed by atoms with Crippen LogP contribution in [0.3, 0.4) is 0 Å². The van der Waals surface area contributed by atoms with Gasteiger partial charge in [-0.2, -0.15) is 0 Å². The van der Waals surface area contributed by atoms with E-state index in [1.165, 1.54) is 0 Å². The second kappa shape index (κ2) is 13.2. The molecule has 11 atom stereocenters. The van der Waals surface area contributed by atoms with Crippen LogP contribution in [0.1, 0.15) is 78.6 Å². The topological polar surface area (TPSA) is 176 Å². The largest absolute Gasteiger partial charge is 1.00 e. The van der Waals surface area contributed by atoms with Crippen LogP contribution in [-0.2, 0) is 19.7 Å². The SMILES string of the molecule is C[C@@H](CCC(=O)NCC(=O)NCCS(=O)(=O)[O-])[C@@H]1CCC2C3C(C[C@@H](O)[C@]21C)[C@]1(C)CC[C@H](O)C[C@@H]1C[C@@H]3O.[Na+]. The Morgan fingerprint density at radius 2 is 1.70 bits per heavy atom. The van der Waals surface area contributed by atoms with Crippen LogP contribution >= 0.6 is 0 Å². The summed E-state index contributed by atoms with van der Waals surface area (Å²) in [6.07, 6.45) is 5.39. The van der Waals surface area contributed by atoms with E-state index in [2.05, 4.69) is 31.4 Å². The van der Waals surface area contributed by atoms with Crippen LogP contribution in [0.4, 0.5) is 0 Å². The standard InChI is InChI=1S/C28H48N2O8S.Na/c1-16(4-7-24(34)30-15-25(35)29-10-11-39(36,37)38)19-5-6-20-26-21(14-23(33)28(19,20)3)27(2)9-8-18(31)12-17(27)13-22(26)32;/h16-23,26,31-33H,4-15H2,1-3H3,(H,29,35)(H,30,34)(H,36,37,38);/q;+1/p-1/t16-,17+,18-,19-,20?,21?,22-,23+,26?,27+,28-;/m0./s1. The van der Waals surface area contributed by atoms with Crippen molar-refractivity contribution >= 4 is 21.9 Å². The van der Waals surface area contributed by atoms with Crippen LogP contribution in [-0.4, -0.2) is 77.3 Å². The molecular weight excluding hydrogens is 547 g/mol. The number of aliphatic hydroxyl groups excluding tert-OH is 3. The molecule has 0 bridgehead atoms. The van der Waals surface area contributed by atoms with Gasteiger partial charge in [-0.15, -0.1) is 0 Å². The normalized spacial score (nSPS) is 41.5. The zero-order valence-corrected chi connectivity index (χ0v) is 27.3. The van der Waals surface area contributed by atoms with Crippen LogP contribution < -0.4 is 40.2 Å². The summed E-state index contributed by atoms with van der Waals surface area (Å²) in [4.78, 5) is 24.2. The van der Waals surface area contributed by atoms with E-state index in [-0.39, 0.29) is 107 Å². The predicted molar refractivity (Wildman–Crippen MR) is 143 cm³/mol. The first kappa shape index (κ1) is 34.2. The number of carbonyl (C=O) groups is 2. The molecule has 4 aliphatic rings. The van der Waals surface area contributed by atoms with Crippen molar-refractivity contribution in [3.63, 3.8) is 0 Å². The molecular formula is C28H47N2NaO8S. The molecule has 5 N–H and O–H groups in total. The number of aliphatic hydroxyl groups is 3. The smallest absolute Gasteiger partial charge is 0.748 e. The van der Waals surface area contributed by atoms with Gasteiger partial charge in [-0.25, -0.2) is 8.42 Å². The van der Waals surface area contributed by atoms with Crippen molar-refractivity contribution in [1.29, 1.82) is 0 Å². The van der Waals surface area contributed by atoms with Crippen LogP contribution in [0.25, 0.3) is 0 Å². The van der Waals surface area contributed by atoms with E-state index < -0.39 is 34.0 Å². The first-order valence-electron chi connectivity index (χ1n) is 14.7. The molecule has 0 saturated heterocycles. The summed E-state index contributed by atoms with van der Waals surface area (Å²) >= 11 is 0. The number of fused-ring (bicyclic) bond motifs is 5. The summed E-state index contributed by atoms with van der Waals surface area (Å²) in [5.74, 6) is -0.259. The van der Waals surface area contributed by atoms with Gasteiger partial charge >= 0.3 is 29.6 Å². The van der Waals surface area contributed by atoms with E-state index in [9.17, 15) is 37.9 Å². The summed E-state index contributed by atoms with van der Waals surface area (Å²) in [5.41, 5.74) is -0.306. The maximum Gasteiger partial charge on any atom is 1.00 e. The van der Waals surface area contributed by atoms with E-state index >= 15 is 0 Å². The molecule has 0 heterocycles. The quantitative estimate of drug-likeness (QED) is 0.153. The third-order valence-electron chi connectivity index (χ3n) is 11.5. The minimum absolute atomic E-state index is 0. The molecule has 0 aliphatic heterocycles. The number of hydrogen-bond acceptors (Lipinski definition) is 8. The minimum Gasteiger partial charge on any atom is -0.748 e. The maximum absolute atomic E-state index is 12.4. The number of hydrogen-bond donors (Lipinski definition) is 5. The zero-order chi connectivity index (χ0) is 28.8. The summed E-state index contributed by atoms with van der Waals surface area (Å²) in [7, 11) is -4.41. The molecule has 10 nitrogen and oxygen atoms in total. The van der Waals surface area contributed by atoms with Crippen molar-refractivity contribution in [2.75, 3.05) is 18.8 Å². The van der Waals surface area contributed by atoms with Crippen molar-refractivity contribution in [3.8, 4) is 0 Å². The van der Waals surface area contributed by atoms with Crippen molar-refractivity contribution < 1.29 is 67.4 Å². The molecule has 4 rings (SSSR count). The van der Waals surface area contributed by atoms with Gasteiger partial charge in [-0.05, 0) is 97.7 Å². The fourth-order valence-corrected chi connectivity index (χ4v) is 9.69. The molecule has 0 aromatic heterocycles. The molecule has 2 amide bonds. The Balaban J connectivity index is 0.00000441. The average Bonchev–Trinajstić information content (AvgIpc) is 3.20. The van der Waals surface area contributed by atoms with Crippen molar-refractivity contribution in [2.24, 2.45) is 46.3 Å². The molecule has 0 aromatic carbocycles. The third-order valence-corrected chi connectivity index (χ3v) is 12.2. The van der Waals surface area contributed by atoms with Crippen LogP contribution in [0.15, 0.2) is 0 Å². The van der Waals surface area contributed by atoms with Gasteiger partial charge in [0.05, 0.1) is 40.7 Å². The van der Waals surface area contributed by atoms with Crippen molar-refractivity contribution in [1.82, 2.24) is 10.6 Å². The van der Waals surface area contributed by atoms with Crippen molar-refractivity contribution in [2.45, 2.75) is 96.9 Å². The molecule has 3 unspecified atom stereocenters. The van der Waals surface area contributed by atoms with Crippen molar-refractivity contribution in [3.05, 3.63) is 0 Å². The number of nitrogens with one attached hydrogen (secondary N) is 2. The van der Waals surface area contributed by atoms with Crippen LogP contribution in [0, 0.1) is 46.3 Å². The molecule has 0 radical (unpaired) electrons. The molecule has 12 heteroatoms. The Kier molecular flexibility index (Phi) is 11.3. The van der Waals surface area contributed by atoms with E-state index in [0.717, 1.165) is 38.5 Å². The monoisotopic (exact) mass is 594 g/mol. The Morgan fingerprint density at radius 3 is 2.38 bits per heavy atom. The Bertz CT molecular complexity index is 1030. The summed E-state index contributed by atoms with van der Waals surface area (Å²) in [6, 6.07) is 0. The Morgan fingerprint density at radius 1 is 1.00 bits per heavy atom. The predicted octanol–water partition coefficient (Wildman–Crippen LogP) is -1.85. The van der Waals surface area contributed by atoms with Gasteiger partial charge in [-0.1, -0.05) is 20.8 Å². The average molecular weight is 595 g/mol. The van der Waals surface area contributed by atoms with Gasteiger partial charge in [0, 0.05) is 13.0 Å². The van der Waals surface area contributed by atoms with Gasteiger partial charge in [0.15, 0.2) is 0 Å². The Hall–Kier alpha value is -0.270. The van der Waals surface area contributed by atoms with Gasteiger partial charge in [0.1, 0.15) is 0 Å². The molecule has 0 aromatic rings. The Labute approximate surface area is 260 Å². The van der Waals surface area contributed by atoms with E-state index in [0.29, 0.717) is 12.8 Å². The van der Waals surface area contributed by atoms with Crippen LogP contribution in [0.2, 0.25) is 0 Å². The number of rotatable bonds is 9. The fourth-order valence-electron chi connectivity index (χ4n) is 9.34.